The molecule has 1 aromatic rings. The van der Waals surface area contributed by atoms with E-state index >= 15 is 0 Å². The van der Waals surface area contributed by atoms with Gasteiger partial charge in [0.25, 0.3) is 5.91 Å². The van der Waals surface area contributed by atoms with E-state index in [4.69, 9.17) is 9.52 Å². The van der Waals surface area contributed by atoms with Gasteiger partial charge in [-0.15, -0.1) is 0 Å². The maximum Gasteiger partial charge on any atom is 0.303 e. The first-order valence-electron chi connectivity index (χ1n) is 6.66. The zero-order chi connectivity index (χ0) is 13.8. The molecule has 5 heteroatoms. The number of furan rings is 1. The quantitative estimate of drug-likeness (QED) is 0.906. The lowest BCUT2D eigenvalue weighted by atomic mass is 9.81. The fourth-order valence-electron chi connectivity index (χ4n) is 2.78. The lowest BCUT2D eigenvalue weighted by molar-refractivity contribution is -0.139. The van der Waals surface area contributed by atoms with Crippen molar-refractivity contribution in [2.75, 3.05) is 13.1 Å². The van der Waals surface area contributed by atoms with Crippen molar-refractivity contribution in [3.05, 3.63) is 24.2 Å². The lowest BCUT2D eigenvalue weighted by Crippen LogP contribution is -2.44. The van der Waals surface area contributed by atoms with Crippen LogP contribution in [0.5, 0.6) is 0 Å². The Morgan fingerprint density at radius 2 is 2.26 bits per heavy atom. The molecule has 5 nitrogen and oxygen atoms in total. The van der Waals surface area contributed by atoms with Gasteiger partial charge >= 0.3 is 5.97 Å². The molecule has 1 aromatic heterocycles. The summed E-state index contributed by atoms with van der Waals surface area (Å²) in [5.74, 6) is -0.0788. The molecule has 1 saturated heterocycles. The molecule has 19 heavy (non-hydrogen) atoms. The smallest absolute Gasteiger partial charge is 0.303 e. The summed E-state index contributed by atoms with van der Waals surface area (Å²) in [6.45, 7) is 3.27. The summed E-state index contributed by atoms with van der Waals surface area (Å²) in [6, 6.07) is 3.36. The van der Waals surface area contributed by atoms with E-state index in [-0.39, 0.29) is 24.2 Å². The number of aliphatic carboxylic acids is 1. The van der Waals surface area contributed by atoms with Gasteiger partial charge in [0.15, 0.2) is 5.76 Å². The predicted octanol–water partition coefficient (Wildman–Crippen LogP) is 2.24. The van der Waals surface area contributed by atoms with Crippen LogP contribution in [0.25, 0.3) is 0 Å². The van der Waals surface area contributed by atoms with Gasteiger partial charge in [-0.2, -0.15) is 0 Å². The van der Waals surface area contributed by atoms with Crippen LogP contribution in [0.4, 0.5) is 0 Å². The van der Waals surface area contributed by atoms with E-state index in [0.717, 1.165) is 12.8 Å². The molecule has 0 saturated carbocycles. The number of likely N-dealkylation sites (tertiary alicyclic amines) is 1. The molecule has 1 fully saturated rings. The average molecular weight is 265 g/mol. The Hall–Kier alpha value is -1.78. The van der Waals surface area contributed by atoms with Gasteiger partial charge in [0.1, 0.15) is 0 Å². The highest BCUT2D eigenvalue weighted by atomic mass is 16.4. The van der Waals surface area contributed by atoms with Crippen molar-refractivity contribution in [1.29, 1.82) is 0 Å². The molecular weight excluding hydrogens is 246 g/mol. The van der Waals surface area contributed by atoms with E-state index in [1.54, 1.807) is 17.0 Å². The van der Waals surface area contributed by atoms with Crippen LogP contribution in [0.3, 0.4) is 0 Å². The van der Waals surface area contributed by atoms with Crippen LogP contribution in [0, 0.1) is 11.8 Å². The zero-order valence-corrected chi connectivity index (χ0v) is 11.0. The van der Waals surface area contributed by atoms with Crippen LogP contribution < -0.4 is 0 Å². The molecule has 0 aromatic carbocycles. The Labute approximate surface area is 112 Å². The Balaban J connectivity index is 2.00. The van der Waals surface area contributed by atoms with Gasteiger partial charge in [0, 0.05) is 19.5 Å². The molecule has 1 aliphatic rings. The van der Waals surface area contributed by atoms with Gasteiger partial charge in [-0.05, 0) is 30.4 Å². The second-order valence-electron chi connectivity index (χ2n) is 5.04. The lowest BCUT2D eigenvalue weighted by Gasteiger charge is -2.37. The van der Waals surface area contributed by atoms with Crippen LogP contribution in [0.15, 0.2) is 22.8 Å². The molecule has 2 unspecified atom stereocenters. The number of hydrogen-bond acceptors (Lipinski definition) is 3. The largest absolute Gasteiger partial charge is 0.481 e. The number of amides is 1. The molecule has 0 radical (unpaired) electrons. The summed E-state index contributed by atoms with van der Waals surface area (Å²) < 4.78 is 5.12. The minimum Gasteiger partial charge on any atom is -0.481 e. The fourth-order valence-corrected chi connectivity index (χ4v) is 2.78. The van der Waals surface area contributed by atoms with Crippen molar-refractivity contribution in [1.82, 2.24) is 4.90 Å². The average Bonchev–Trinajstić information content (AvgIpc) is 2.91. The van der Waals surface area contributed by atoms with Gasteiger partial charge in [-0.25, -0.2) is 0 Å². The number of piperidine rings is 1. The third kappa shape index (κ3) is 3.16. The summed E-state index contributed by atoms with van der Waals surface area (Å²) in [5.41, 5.74) is 0. The fraction of sp³-hybridized carbons (Fsp3) is 0.571. The van der Waals surface area contributed by atoms with Crippen LogP contribution in [-0.4, -0.2) is 35.0 Å². The van der Waals surface area contributed by atoms with Gasteiger partial charge in [0.2, 0.25) is 0 Å². The van der Waals surface area contributed by atoms with Crippen LogP contribution in [-0.2, 0) is 4.79 Å². The monoisotopic (exact) mass is 265 g/mol. The molecule has 1 N–H and O–H groups in total. The number of carboxylic acids is 1. The molecule has 2 heterocycles. The van der Waals surface area contributed by atoms with E-state index in [2.05, 4.69) is 0 Å². The maximum absolute atomic E-state index is 12.2. The van der Waals surface area contributed by atoms with E-state index in [1.807, 2.05) is 6.92 Å². The van der Waals surface area contributed by atoms with Crippen molar-refractivity contribution in [3.8, 4) is 0 Å². The van der Waals surface area contributed by atoms with Gasteiger partial charge < -0.3 is 14.4 Å². The zero-order valence-electron chi connectivity index (χ0n) is 11.0. The predicted molar refractivity (Wildman–Crippen MR) is 68.8 cm³/mol. The Bertz CT molecular complexity index is 440. The highest BCUT2D eigenvalue weighted by Crippen LogP contribution is 2.29. The number of nitrogens with zero attached hydrogens (tertiary/aromatic N) is 1. The Kier molecular flexibility index (Phi) is 4.24. The molecule has 0 aliphatic carbocycles. The summed E-state index contributed by atoms with van der Waals surface area (Å²) in [7, 11) is 0. The molecule has 2 atom stereocenters. The number of carboxylic acid groups (broad SMARTS) is 1. The van der Waals surface area contributed by atoms with Gasteiger partial charge in [-0.3, -0.25) is 9.59 Å². The van der Waals surface area contributed by atoms with Crippen molar-refractivity contribution in [3.63, 3.8) is 0 Å². The molecule has 2 rings (SSSR count). The molecule has 0 spiro atoms. The van der Waals surface area contributed by atoms with Crippen LogP contribution >= 0.6 is 0 Å². The molecule has 104 valence electrons. The third-order valence-corrected chi connectivity index (χ3v) is 3.87. The second kappa shape index (κ2) is 5.91. The second-order valence-corrected chi connectivity index (χ2v) is 5.04. The minimum atomic E-state index is -0.755. The minimum absolute atomic E-state index is 0.0998. The normalized spacial score (nSPS) is 23.3. The van der Waals surface area contributed by atoms with Gasteiger partial charge in [-0.1, -0.05) is 13.3 Å². The Morgan fingerprint density at radius 1 is 1.47 bits per heavy atom. The number of carbonyl (C=O) groups is 2. The molecule has 1 aliphatic heterocycles. The standard InChI is InChI=1S/C14H19NO4/c1-2-10-9-15(6-5-11(10)8-13(16)17)14(18)12-4-3-7-19-12/h3-4,7,10-11H,2,5-6,8-9H2,1H3,(H,16,17). The van der Waals surface area contributed by atoms with E-state index in [9.17, 15) is 9.59 Å². The highest BCUT2D eigenvalue weighted by Gasteiger charge is 2.32. The van der Waals surface area contributed by atoms with Crippen molar-refractivity contribution in [2.24, 2.45) is 11.8 Å². The maximum atomic E-state index is 12.2. The third-order valence-electron chi connectivity index (χ3n) is 3.87. The molecule has 1 amide bonds. The van der Waals surface area contributed by atoms with Crippen LogP contribution in [0.2, 0.25) is 0 Å². The van der Waals surface area contributed by atoms with Crippen LogP contribution in [0.1, 0.15) is 36.7 Å². The van der Waals surface area contributed by atoms with Gasteiger partial charge in [0.05, 0.1) is 6.26 Å². The van der Waals surface area contributed by atoms with Crippen molar-refractivity contribution >= 4 is 11.9 Å². The summed E-state index contributed by atoms with van der Waals surface area (Å²) in [4.78, 5) is 24.8. The summed E-state index contributed by atoms with van der Waals surface area (Å²) in [6.07, 6.45) is 3.32. The van der Waals surface area contributed by atoms with Crippen molar-refractivity contribution < 1.29 is 19.1 Å². The molecular formula is C14H19NO4. The summed E-state index contributed by atoms with van der Waals surface area (Å²) in [5, 5.41) is 8.91. The first-order chi connectivity index (χ1) is 9.11. The molecule has 0 bridgehead atoms. The SMILES string of the molecule is CCC1CN(C(=O)c2ccco2)CCC1CC(=O)O. The summed E-state index contributed by atoms with van der Waals surface area (Å²) >= 11 is 0. The van der Waals surface area contributed by atoms with E-state index in [0.29, 0.717) is 18.8 Å². The van der Waals surface area contributed by atoms with E-state index in [1.165, 1.54) is 6.26 Å². The highest BCUT2D eigenvalue weighted by molar-refractivity contribution is 5.91. The van der Waals surface area contributed by atoms with E-state index < -0.39 is 5.97 Å². The number of hydrogen-bond donors (Lipinski definition) is 1. The number of rotatable bonds is 4. The first-order valence-corrected chi connectivity index (χ1v) is 6.66. The topological polar surface area (TPSA) is 70.8 Å². The Morgan fingerprint density at radius 3 is 2.84 bits per heavy atom. The number of carbonyl (C=O) groups excluding carboxylic acids is 1. The first kappa shape index (κ1) is 13.6. The van der Waals surface area contributed by atoms with Crippen molar-refractivity contribution in [2.45, 2.75) is 26.2 Å².